The van der Waals surface area contributed by atoms with Crippen LogP contribution < -0.4 is 10.3 Å². The Kier molecular flexibility index (Phi) is 4.30. The molecule has 0 unspecified atom stereocenters. The van der Waals surface area contributed by atoms with E-state index in [0.717, 1.165) is 17.7 Å². The second-order valence-corrected chi connectivity index (χ2v) is 4.40. The van der Waals surface area contributed by atoms with Crippen LogP contribution in [-0.2, 0) is 7.05 Å². The van der Waals surface area contributed by atoms with E-state index in [1.165, 1.54) is 17.8 Å². The van der Waals surface area contributed by atoms with Gasteiger partial charge in [-0.2, -0.15) is 5.10 Å². The van der Waals surface area contributed by atoms with Crippen molar-refractivity contribution < 1.29 is 9.53 Å². The van der Waals surface area contributed by atoms with E-state index in [0.29, 0.717) is 18.6 Å². The van der Waals surface area contributed by atoms with Crippen molar-refractivity contribution in [3.05, 3.63) is 46.2 Å². The summed E-state index contributed by atoms with van der Waals surface area (Å²) in [6.45, 7) is 2.72. The molecule has 0 radical (unpaired) electrons. The fourth-order valence-electron chi connectivity index (χ4n) is 1.80. The Labute approximate surface area is 116 Å². The van der Waals surface area contributed by atoms with E-state index in [1.54, 1.807) is 0 Å². The number of aryl methyl sites for hydroxylation is 1. The largest absolute Gasteiger partial charge is 0.494 e. The molecule has 0 aliphatic carbocycles. The van der Waals surface area contributed by atoms with E-state index >= 15 is 0 Å². The van der Waals surface area contributed by atoms with Crippen LogP contribution in [0.2, 0.25) is 0 Å². The van der Waals surface area contributed by atoms with Crippen molar-refractivity contribution in [2.24, 2.45) is 7.05 Å². The molecule has 2 aromatic rings. The van der Waals surface area contributed by atoms with Crippen molar-refractivity contribution in [1.29, 1.82) is 0 Å². The Morgan fingerprint density at radius 1 is 1.30 bits per heavy atom. The van der Waals surface area contributed by atoms with Gasteiger partial charge in [0.1, 0.15) is 5.75 Å². The first-order valence-electron chi connectivity index (χ1n) is 6.42. The Bertz CT molecular complexity index is 660. The summed E-state index contributed by atoms with van der Waals surface area (Å²) >= 11 is 0. The second-order valence-electron chi connectivity index (χ2n) is 4.40. The molecule has 0 bridgehead atoms. The Morgan fingerprint density at radius 2 is 2.00 bits per heavy atom. The molecule has 0 N–H and O–H groups in total. The molecule has 20 heavy (non-hydrogen) atoms. The van der Waals surface area contributed by atoms with Crippen molar-refractivity contribution in [1.82, 2.24) is 9.78 Å². The second kappa shape index (κ2) is 6.14. The molecule has 0 aliphatic rings. The van der Waals surface area contributed by atoms with Crippen molar-refractivity contribution in [2.45, 2.75) is 13.3 Å². The molecule has 0 saturated carbocycles. The predicted molar refractivity (Wildman–Crippen MR) is 76.1 cm³/mol. The van der Waals surface area contributed by atoms with Crippen molar-refractivity contribution in [2.75, 3.05) is 6.61 Å². The fourth-order valence-corrected chi connectivity index (χ4v) is 1.80. The first-order valence-corrected chi connectivity index (χ1v) is 6.42. The first-order chi connectivity index (χ1) is 9.65. The van der Waals surface area contributed by atoms with Gasteiger partial charge < -0.3 is 4.74 Å². The number of aldehydes is 1. The van der Waals surface area contributed by atoms with Crippen LogP contribution in [0.25, 0.3) is 11.3 Å². The Balaban J connectivity index is 2.34. The van der Waals surface area contributed by atoms with Crippen LogP contribution in [0.15, 0.2) is 35.1 Å². The maximum Gasteiger partial charge on any atom is 0.277 e. The van der Waals surface area contributed by atoms with Crippen molar-refractivity contribution in [3.8, 4) is 17.0 Å². The zero-order valence-corrected chi connectivity index (χ0v) is 11.5. The van der Waals surface area contributed by atoms with Gasteiger partial charge in [0.05, 0.1) is 17.9 Å². The third kappa shape index (κ3) is 2.93. The number of ether oxygens (including phenoxy) is 1. The summed E-state index contributed by atoms with van der Waals surface area (Å²) in [5, 5.41) is 4.15. The van der Waals surface area contributed by atoms with Crippen LogP contribution in [0, 0.1) is 0 Å². The number of aromatic nitrogens is 2. The van der Waals surface area contributed by atoms with Gasteiger partial charge >= 0.3 is 0 Å². The van der Waals surface area contributed by atoms with E-state index in [1.807, 2.05) is 31.2 Å². The molecule has 104 valence electrons. The number of carbonyl (C=O) groups excluding carboxylic acids is 1. The van der Waals surface area contributed by atoms with Gasteiger partial charge in [-0.05, 0) is 36.8 Å². The lowest BCUT2D eigenvalue weighted by Crippen LogP contribution is -2.23. The number of benzene rings is 1. The number of hydrogen-bond donors (Lipinski definition) is 0. The molecular weight excluding hydrogens is 256 g/mol. The van der Waals surface area contributed by atoms with Gasteiger partial charge in [0.25, 0.3) is 5.56 Å². The lowest BCUT2D eigenvalue weighted by Gasteiger charge is -2.07. The number of carbonyl (C=O) groups is 1. The maximum atomic E-state index is 11.6. The molecule has 2 rings (SSSR count). The van der Waals surface area contributed by atoms with E-state index < -0.39 is 5.56 Å². The van der Waals surface area contributed by atoms with Gasteiger partial charge in [0.2, 0.25) is 0 Å². The van der Waals surface area contributed by atoms with E-state index in [9.17, 15) is 9.59 Å². The Hall–Kier alpha value is -2.43. The summed E-state index contributed by atoms with van der Waals surface area (Å²) in [5.74, 6) is 0.788. The molecule has 1 heterocycles. The lowest BCUT2D eigenvalue weighted by atomic mass is 10.1. The van der Waals surface area contributed by atoms with Crippen molar-refractivity contribution in [3.63, 3.8) is 0 Å². The van der Waals surface area contributed by atoms with Gasteiger partial charge in [-0.1, -0.05) is 6.92 Å². The zero-order valence-electron chi connectivity index (χ0n) is 11.5. The highest BCUT2D eigenvalue weighted by Gasteiger charge is 2.07. The maximum absolute atomic E-state index is 11.6. The van der Waals surface area contributed by atoms with Gasteiger partial charge in [-0.15, -0.1) is 0 Å². The standard InChI is InChI=1S/C15H16N2O3/c1-3-8-20-13-6-4-11(5-7-13)14-9-12(10-18)15(19)17(2)16-14/h4-7,9-10H,3,8H2,1-2H3. The summed E-state index contributed by atoms with van der Waals surface area (Å²) < 4.78 is 6.67. The average molecular weight is 272 g/mol. The van der Waals surface area contributed by atoms with Crippen LogP contribution in [0.3, 0.4) is 0 Å². The highest BCUT2D eigenvalue weighted by Crippen LogP contribution is 2.20. The third-order valence-electron chi connectivity index (χ3n) is 2.84. The summed E-state index contributed by atoms with van der Waals surface area (Å²) in [6.07, 6.45) is 1.50. The lowest BCUT2D eigenvalue weighted by molar-refractivity contribution is 0.112. The van der Waals surface area contributed by atoms with Crippen LogP contribution in [-0.4, -0.2) is 22.7 Å². The Morgan fingerprint density at radius 3 is 2.60 bits per heavy atom. The molecule has 5 nitrogen and oxygen atoms in total. The van der Waals surface area contributed by atoms with Gasteiger partial charge in [-0.3, -0.25) is 9.59 Å². The first kappa shape index (κ1) is 14.0. The summed E-state index contributed by atoms with van der Waals surface area (Å²) in [4.78, 5) is 22.5. The van der Waals surface area contributed by atoms with E-state index in [-0.39, 0.29) is 5.56 Å². The highest BCUT2D eigenvalue weighted by atomic mass is 16.5. The minimum absolute atomic E-state index is 0.101. The molecule has 0 aliphatic heterocycles. The van der Waals surface area contributed by atoms with E-state index in [4.69, 9.17) is 4.74 Å². The molecule has 5 heteroatoms. The van der Waals surface area contributed by atoms with Gasteiger partial charge in [0, 0.05) is 12.6 Å². The monoisotopic (exact) mass is 272 g/mol. The average Bonchev–Trinajstić information content (AvgIpc) is 2.48. The molecular formula is C15H16N2O3. The summed E-state index contributed by atoms with van der Waals surface area (Å²) in [5.41, 5.74) is 1.11. The van der Waals surface area contributed by atoms with Crippen molar-refractivity contribution >= 4 is 6.29 Å². The van der Waals surface area contributed by atoms with Crippen LogP contribution in [0.1, 0.15) is 23.7 Å². The number of rotatable bonds is 5. The molecule has 0 fully saturated rings. The van der Waals surface area contributed by atoms with E-state index in [2.05, 4.69) is 5.10 Å². The molecule has 0 amide bonds. The summed E-state index contributed by atoms with van der Waals surface area (Å²) in [6, 6.07) is 8.90. The molecule has 0 atom stereocenters. The fraction of sp³-hybridized carbons (Fsp3) is 0.267. The SMILES string of the molecule is CCCOc1ccc(-c2cc(C=O)c(=O)n(C)n2)cc1. The molecule has 1 aromatic heterocycles. The predicted octanol–water partition coefficient (Wildman–Crippen LogP) is 2.05. The highest BCUT2D eigenvalue weighted by molar-refractivity contribution is 5.76. The van der Waals surface area contributed by atoms with Crippen LogP contribution >= 0.6 is 0 Å². The molecule has 0 spiro atoms. The van der Waals surface area contributed by atoms with Gasteiger partial charge in [-0.25, -0.2) is 4.68 Å². The quantitative estimate of drug-likeness (QED) is 0.781. The normalized spacial score (nSPS) is 10.3. The summed E-state index contributed by atoms with van der Waals surface area (Å²) in [7, 11) is 1.53. The minimum Gasteiger partial charge on any atom is -0.494 e. The number of hydrogen-bond acceptors (Lipinski definition) is 4. The number of nitrogens with zero attached hydrogens (tertiary/aromatic N) is 2. The zero-order chi connectivity index (χ0) is 14.5. The molecule has 0 saturated heterocycles. The minimum atomic E-state index is -0.397. The topological polar surface area (TPSA) is 61.2 Å². The van der Waals surface area contributed by atoms with Crippen LogP contribution in [0.5, 0.6) is 5.75 Å². The van der Waals surface area contributed by atoms with Crippen LogP contribution in [0.4, 0.5) is 0 Å². The smallest absolute Gasteiger partial charge is 0.277 e. The molecule has 1 aromatic carbocycles. The third-order valence-corrected chi connectivity index (χ3v) is 2.84. The van der Waals surface area contributed by atoms with Gasteiger partial charge in [0.15, 0.2) is 6.29 Å².